The van der Waals surface area contributed by atoms with Crippen LogP contribution < -0.4 is 4.74 Å². The molecule has 3 heterocycles. The van der Waals surface area contributed by atoms with Crippen molar-refractivity contribution in [2.75, 3.05) is 46.4 Å². The van der Waals surface area contributed by atoms with Crippen molar-refractivity contribution in [1.82, 2.24) is 14.8 Å². The summed E-state index contributed by atoms with van der Waals surface area (Å²) in [7, 11) is 2.09. The second-order valence-electron chi connectivity index (χ2n) is 5.94. The van der Waals surface area contributed by atoms with Gasteiger partial charge in [0.1, 0.15) is 6.10 Å². The fraction of sp³-hybridized carbons (Fsp3) is 0.625. The molecule has 1 aromatic heterocycles. The third kappa shape index (κ3) is 3.75. The summed E-state index contributed by atoms with van der Waals surface area (Å²) in [5.74, 6) is 0.612. The van der Waals surface area contributed by atoms with Crippen LogP contribution in [-0.2, 0) is 4.74 Å². The fourth-order valence-corrected chi connectivity index (χ4v) is 2.79. The van der Waals surface area contributed by atoms with Gasteiger partial charge in [0.15, 0.2) is 0 Å². The van der Waals surface area contributed by atoms with Gasteiger partial charge in [-0.05, 0) is 26.1 Å². The summed E-state index contributed by atoms with van der Waals surface area (Å²) in [5, 5.41) is 0. The standard InChI is InChI=1S/C16H23N3O3/c1-18-6-2-7-19(9-8-18)16(20)13-3-4-15(17-11-13)22-14-5-10-21-12-14/h3-4,11,14H,2,5-10,12H2,1H3. The number of nitrogens with zero attached hydrogens (tertiary/aromatic N) is 3. The van der Waals surface area contributed by atoms with Gasteiger partial charge in [-0.25, -0.2) is 4.98 Å². The topological polar surface area (TPSA) is 54.9 Å². The Kier molecular flexibility index (Phi) is 4.90. The molecule has 1 aromatic rings. The molecule has 0 bridgehead atoms. The molecule has 2 aliphatic rings. The largest absolute Gasteiger partial charge is 0.472 e. The molecule has 3 rings (SSSR count). The van der Waals surface area contributed by atoms with Crippen LogP contribution in [0.2, 0.25) is 0 Å². The molecule has 1 unspecified atom stereocenters. The zero-order valence-electron chi connectivity index (χ0n) is 13.0. The first-order valence-electron chi connectivity index (χ1n) is 7.90. The van der Waals surface area contributed by atoms with Crippen molar-refractivity contribution >= 4 is 5.91 Å². The minimum atomic E-state index is 0.0542. The van der Waals surface area contributed by atoms with Crippen molar-refractivity contribution in [2.45, 2.75) is 18.9 Å². The molecule has 1 atom stereocenters. The predicted molar refractivity (Wildman–Crippen MR) is 82.1 cm³/mol. The molecule has 0 aromatic carbocycles. The minimum absolute atomic E-state index is 0.0542. The van der Waals surface area contributed by atoms with Crippen LogP contribution in [0.3, 0.4) is 0 Å². The van der Waals surface area contributed by atoms with E-state index in [4.69, 9.17) is 9.47 Å². The van der Waals surface area contributed by atoms with E-state index in [1.807, 2.05) is 4.90 Å². The second kappa shape index (κ2) is 7.07. The third-order valence-corrected chi connectivity index (χ3v) is 4.17. The van der Waals surface area contributed by atoms with E-state index in [1.54, 1.807) is 18.3 Å². The van der Waals surface area contributed by atoms with Crippen LogP contribution in [0.15, 0.2) is 18.3 Å². The molecule has 2 fully saturated rings. The predicted octanol–water partition coefficient (Wildman–Crippen LogP) is 1.03. The van der Waals surface area contributed by atoms with Crippen molar-refractivity contribution in [2.24, 2.45) is 0 Å². The Morgan fingerprint density at radius 1 is 1.32 bits per heavy atom. The Hall–Kier alpha value is -1.66. The fourth-order valence-electron chi connectivity index (χ4n) is 2.79. The first-order valence-corrected chi connectivity index (χ1v) is 7.90. The maximum atomic E-state index is 12.5. The van der Waals surface area contributed by atoms with Gasteiger partial charge < -0.3 is 19.3 Å². The average molecular weight is 305 g/mol. The van der Waals surface area contributed by atoms with Crippen LogP contribution in [0.25, 0.3) is 0 Å². The number of amides is 1. The lowest BCUT2D eigenvalue weighted by molar-refractivity contribution is 0.0762. The van der Waals surface area contributed by atoms with Crippen LogP contribution in [0, 0.1) is 0 Å². The van der Waals surface area contributed by atoms with Gasteiger partial charge in [0.2, 0.25) is 5.88 Å². The normalized spacial score (nSPS) is 23.3. The van der Waals surface area contributed by atoms with Gasteiger partial charge in [0.25, 0.3) is 5.91 Å². The maximum Gasteiger partial charge on any atom is 0.255 e. The van der Waals surface area contributed by atoms with E-state index in [9.17, 15) is 4.79 Å². The third-order valence-electron chi connectivity index (χ3n) is 4.17. The minimum Gasteiger partial charge on any atom is -0.472 e. The molecule has 0 spiro atoms. The van der Waals surface area contributed by atoms with Gasteiger partial charge >= 0.3 is 0 Å². The van der Waals surface area contributed by atoms with Crippen molar-refractivity contribution in [1.29, 1.82) is 0 Å². The summed E-state index contributed by atoms with van der Waals surface area (Å²) in [5.41, 5.74) is 0.625. The van der Waals surface area contributed by atoms with Gasteiger partial charge in [-0.1, -0.05) is 0 Å². The number of ether oxygens (including phenoxy) is 2. The Morgan fingerprint density at radius 2 is 2.23 bits per heavy atom. The Bertz CT molecular complexity index is 500. The van der Waals surface area contributed by atoms with Crippen molar-refractivity contribution < 1.29 is 14.3 Å². The van der Waals surface area contributed by atoms with E-state index in [0.29, 0.717) is 18.1 Å². The van der Waals surface area contributed by atoms with Gasteiger partial charge in [-0.15, -0.1) is 0 Å². The summed E-state index contributed by atoms with van der Waals surface area (Å²) in [6.45, 7) is 4.89. The number of hydrogen-bond acceptors (Lipinski definition) is 5. The first-order chi connectivity index (χ1) is 10.7. The lowest BCUT2D eigenvalue weighted by atomic mass is 10.2. The van der Waals surface area contributed by atoms with E-state index in [2.05, 4.69) is 16.9 Å². The quantitative estimate of drug-likeness (QED) is 0.835. The molecule has 0 saturated carbocycles. The summed E-state index contributed by atoms with van der Waals surface area (Å²) >= 11 is 0. The highest BCUT2D eigenvalue weighted by Crippen LogP contribution is 2.16. The monoisotopic (exact) mass is 305 g/mol. The van der Waals surface area contributed by atoms with Gasteiger partial charge in [-0.2, -0.15) is 0 Å². The molecule has 22 heavy (non-hydrogen) atoms. The van der Waals surface area contributed by atoms with E-state index >= 15 is 0 Å². The van der Waals surface area contributed by atoms with Crippen LogP contribution >= 0.6 is 0 Å². The SMILES string of the molecule is CN1CCCN(C(=O)c2ccc(OC3CCOC3)nc2)CC1. The van der Waals surface area contributed by atoms with Crippen LogP contribution in [0.5, 0.6) is 5.88 Å². The molecule has 0 radical (unpaired) electrons. The number of hydrogen-bond donors (Lipinski definition) is 0. The first kappa shape index (κ1) is 15.2. The molecule has 1 amide bonds. The van der Waals surface area contributed by atoms with Gasteiger partial charge in [-0.3, -0.25) is 4.79 Å². The lowest BCUT2D eigenvalue weighted by Crippen LogP contribution is -2.34. The molecule has 2 saturated heterocycles. The number of rotatable bonds is 3. The van der Waals surface area contributed by atoms with Crippen LogP contribution in [0.1, 0.15) is 23.2 Å². The number of carbonyl (C=O) groups excluding carboxylic acids is 1. The van der Waals surface area contributed by atoms with E-state index in [-0.39, 0.29) is 12.0 Å². The molecule has 120 valence electrons. The highest BCUT2D eigenvalue weighted by molar-refractivity contribution is 5.94. The van der Waals surface area contributed by atoms with Gasteiger partial charge in [0, 0.05) is 38.3 Å². The Morgan fingerprint density at radius 3 is 2.95 bits per heavy atom. The van der Waals surface area contributed by atoms with E-state index in [1.165, 1.54) is 0 Å². The molecule has 0 aliphatic carbocycles. The second-order valence-corrected chi connectivity index (χ2v) is 5.94. The molecular formula is C16H23N3O3. The number of pyridine rings is 1. The smallest absolute Gasteiger partial charge is 0.255 e. The highest BCUT2D eigenvalue weighted by Gasteiger charge is 2.20. The molecular weight excluding hydrogens is 282 g/mol. The Labute approximate surface area is 131 Å². The maximum absolute atomic E-state index is 12.5. The van der Waals surface area contributed by atoms with Crippen molar-refractivity contribution in [3.8, 4) is 5.88 Å². The van der Waals surface area contributed by atoms with E-state index in [0.717, 1.165) is 45.6 Å². The lowest BCUT2D eigenvalue weighted by Gasteiger charge is -2.20. The summed E-state index contributed by atoms with van der Waals surface area (Å²) in [6, 6.07) is 3.57. The van der Waals surface area contributed by atoms with E-state index < -0.39 is 0 Å². The zero-order valence-corrected chi connectivity index (χ0v) is 13.0. The van der Waals surface area contributed by atoms with Crippen molar-refractivity contribution in [3.05, 3.63) is 23.9 Å². The molecule has 2 aliphatic heterocycles. The number of likely N-dealkylation sites (N-methyl/N-ethyl adjacent to an activating group) is 1. The van der Waals surface area contributed by atoms with Gasteiger partial charge in [0.05, 0.1) is 18.8 Å². The van der Waals surface area contributed by atoms with Crippen LogP contribution in [-0.4, -0.2) is 73.2 Å². The molecule has 6 heteroatoms. The summed E-state index contributed by atoms with van der Waals surface area (Å²) in [4.78, 5) is 20.9. The number of carbonyl (C=O) groups is 1. The highest BCUT2D eigenvalue weighted by atomic mass is 16.5. The average Bonchev–Trinajstić information content (AvgIpc) is 2.94. The zero-order chi connectivity index (χ0) is 15.4. The molecule has 0 N–H and O–H groups in total. The van der Waals surface area contributed by atoms with Crippen molar-refractivity contribution in [3.63, 3.8) is 0 Å². The molecule has 6 nitrogen and oxygen atoms in total. The summed E-state index contributed by atoms with van der Waals surface area (Å²) in [6.07, 6.45) is 3.60. The Balaban J connectivity index is 1.60. The van der Waals surface area contributed by atoms with Crippen LogP contribution in [0.4, 0.5) is 0 Å². The summed E-state index contributed by atoms with van der Waals surface area (Å²) < 4.78 is 11.0. The number of aromatic nitrogens is 1.